The van der Waals surface area contributed by atoms with Crippen LogP contribution in [0, 0.1) is 12.7 Å². The Labute approximate surface area is 119 Å². The zero-order valence-electron chi connectivity index (χ0n) is 11.8. The highest BCUT2D eigenvalue weighted by molar-refractivity contribution is 5.26. The van der Waals surface area contributed by atoms with Gasteiger partial charge >= 0.3 is 0 Å². The minimum Gasteiger partial charge on any atom is -0.271 e. The van der Waals surface area contributed by atoms with Gasteiger partial charge in [-0.25, -0.2) is 4.39 Å². The lowest BCUT2D eigenvalue weighted by molar-refractivity contribution is 0.472. The van der Waals surface area contributed by atoms with Crippen LogP contribution in [0.4, 0.5) is 4.39 Å². The second-order valence-electron chi connectivity index (χ2n) is 5.12. The number of hydrogen-bond donors (Lipinski definition) is 2. The summed E-state index contributed by atoms with van der Waals surface area (Å²) in [5, 5.41) is 0. The maximum Gasteiger partial charge on any atom is 0.128 e. The first-order valence-electron chi connectivity index (χ1n) is 6.97. The number of nitrogens with two attached hydrogens (primary N) is 1. The zero-order chi connectivity index (χ0) is 14.4. The largest absolute Gasteiger partial charge is 0.271 e. The van der Waals surface area contributed by atoms with Crippen LogP contribution in [0.2, 0.25) is 0 Å². The fraction of sp³-hybridized carbons (Fsp3) is 0.294. The number of halogens is 1. The molecular weight excluding hydrogens is 251 g/mol. The summed E-state index contributed by atoms with van der Waals surface area (Å²) in [4.78, 5) is 0. The summed E-state index contributed by atoms with van der Waals surface area (Å²) in [7, 11) is 0. The standard InChI is InChI=1S/C17H21FN2/c1-13-10-11-16(18)15(12-13)17(20-19)9-5-8-14-6-3-2-4-7-14/h2-4,6-7,10-12,17,20H,5,8-9,19H2,1H3. The van der Waals surface area contributed by atoms with Gasteiger partial charge in [-0.15, -0.1) is 0 Å². The molecule has 3 heteroatoms. The normalized spacial score (nSPS) is 12.3. The Hall–Kier alpha value is -1.71. The Morgan fingerprint density at radius 1 is 1.15 bits per heavy atom. The fourth-order valence-corrected chi connectivity index (χ4v) is 2.41. The van der Waals surface area contributed by atoms with Gasteiger partial charge in [0.15, 0.2) is 0 Å². The molecule has 106 valence electrons. The second kappa shape index (κ2) is 7.17. The molecule has 2 aromatic carbocycles. The molecule has 2 nitrogen and oxygen atoms in total. The molecule has 1 atom stereocenters. The Morgan fingerprint density at radius 3 is 2.60 bits per heavy atom. The number of nitrogens with one attached hydrogen (secondary N) is 1. The maximum atomic E-state index is 13.9. The van der Waals surface area contributed by atoms with Crippen LogP contribution < -0.4 is 11.3 Å². The van der Waals surface area contributed by atoms with Gasteiger partial charge in [-0.3, -0.25) is 11.3 Å². The predicted molar refractivity (Wildman–Crippen MR) is 80.6 cm³/mol. The lowest BCUT2D eigenvalue weighted by Gasteiger charge is -2.17. The van der Waals surface area contributed by atoms with Crippen molar-refractivity contribution in [1.29, 1.82) is 0 Å². The Morgan fingerprint density at radius 2 is 1.90 bits per heavy atom. The van der Waals surface area contributed by atoms with Crippen LogP contribution >= 0.6 is 0 Å². The maximum absolute atomic E-state index is 13.9. The molecule has 1 unspecified atom stereocenters. The van der Waals surface area contributed by atoms with E-state index >= 15 is 0 Å². The summed E-state index contributed by atoms with van der Waals surface area (Å²) in [5.74, 6) is 5.39. The van der Waals surface area contributed by atoms with Crippen LogP contribution in [0.1, 0.15) is 35.6 Å². The first kappa shape index (κ1) is 14.7. The summed E-state index contributed by atoms with van der Waals surface area (Å²) in [6.45, 7) is 1.96. The molecular formula is C17H21FN2. The molecule has 2 rings (SSSR count). The lowest BCUT2D eigenvalue weighted by atomic mass is 9.98. The summed E-state index contributed by atoms with van der Waals surface area (Å²) in [5.41, 5.74) is 5.73. The van der Waals surface area contributed by atoms with Crippen LogP contribution in [0.25, 0.3) is 0 Å². The number of hydrazine groups is 1. The third-order valence-corrected chi connectivity index (χ3v) is 3.53. The molecule has 0 saturated heterocycles. The van der Waals surface area contributed by atoms with Crippen LogP contribution in [-0.2, 0) is 6.42 Å². The van der Waals surface area contributed by atoms with Crippen molar-refractivity contribution in [2.45, 2.75) is 32.2 Å². The van der Waals surface area contributed by atoms with E-state index < -0.39 is 0 Å². The van der Waals surface area contributed by atoms with Crippen LogP contribution in [0.15, 0.2) is 48.5 Å². The molecule has 0 fully saturated rings. The van der Waals surface area contributed by atoms with Crippen molar-refractivity contribution in [2.75, 3.05) is 0 Å². The van der Waals surface area contributed by atoms with E-state index in [4.69, 9.17) is 5.84 Å². The molecule has 2 aromatic rings. The molecule has 0 bridgehead atoms. The zero-order valence-corrected chi connectivity index (χ0v) is 11.8. The molecule has 0 aliphatic carbocycles. The van der Waals surface area contributed by atoms with E-state index in [1.54, 1.807) is 6.07 Å². The van der Waals surface area contributed by atoms with Crippen molar-refractivity contribution in [3.8, 4) is 0 Å². The van der Waals surface area contributed by atoms with Gasteiger partial charge in [-0.1, -0.05) is 48.0 Å². The number of hydrogen-bond acceptors (Lipinski definition) is 2. The third-order valence-electron chi connectivity index (χ3n) is 3.53. The minimum absolute atomic E-state index is 0.140. The van der Waals surface area contributed by atoms with Crippen molar-refractivity contribution in [3.05, 3.63) is 71.0 Å². The summed E-state index contributed by atoms with van der Waals surface area (Å²) >= 11 is 0. The number of rotatable bonds is 6. The summed E-state index contributed by atoms with van der Waals surface area (Å²) < 4.78 is 13.9. The van der Waals surface area contributed by atoms with Crippen LogP contribution in [0.5, 0.6) is 0 Å². The molecule has 0 spiro atoms. The van der Waals surface area contributed by atoms with Gasteiger partial charge in [0.1, 0.15) is 5.82 Å². The molecule has 3 N–H and O–H groups in total. The van der Waals surface area contributed by atoms with Gasteiger partial charge in [-0.2, -0.15) is 0 Å². The smallest absolute Gasteiger partial charge is 0.128 e. The Bertz CT molecular complexity index is 540. The molecule has 0 saturated carbocycles. The SMILES string of the molecule is Cc1ccc(F)c(C(CCCc2ccccc2)NN)c1. The minimum atomic E-state index is -0.196. The topological polar surface area (TPSA) is 38.0 Å². The van der Waals surface area contributed by atoms with Gasteiger partial charge in [0.25, 0.3) is 0 Å². The van der Waals surface area contributed by atoms with Crippen molar-refractivity contribution >= 4 is 0 Å². The third kappa shape index (κ3) is 3.89. The van der Waals surface area contributed by atoms with Gasteiger partial charge in [0.2, 0.25) is 0 Å². The summed E-state index contributed by atoms with van der Waals surface area (Å²) in [6, 6.07) is 15.3. The van der Waals surface area contributed by atoms with E-state index in [0.717, 1.165) is 24.8 Å². The molecule has 0 aliphatic rings. The molecule has 20 heavy (non-hydrogen) atoms. The van der Waals surface area contributed by atoms with Crippen molar-refractivity contribution in [3.63, 3.8) is 0 Å². The van der Waals surface area contributed by atoms with E-state index in [1.807, 2.05) is 31.2 Å². The fourth-order valence-electron chi connectivity index (χ4n) is 2.41. The molecule has 0 radical (unpaired) electrons. The van der Waals surface area contributed by atoms with Crippen molar-refractivity contribution in [2.24, 2.45) is 5.84 Å². The van der Waals surface area contributed by atoms with Gasteiger partial charge in [0.05, 0.1) is 0 Å². The van der Waals surface area contributed by atoms with Crippen LogP contribution in [0.3, 0.4) is 0 Å². The van der Waals surface area contributed by atoms with Crippen molar-refractivity contribution in [1.82, 2.24) is 5.43 Å². The van der Waals surface area contributed by atoms with E-state index in [2.05, 4.69) is 17.6 Å². The highest BCUT2D eigenvalue weighted by atomic mass is 19.1. The molecule has 0 heterocycles. The monoisotopic (exact) mass is 272 g/mol. The number of aryl methyl sites for hydroxylation is 2. The summed E-state index contributed by atoms with van der Waals surface area (Å²) in [6.07, 6.45) is 2.75. The van der Waals surface area contributed by atoms with E-state index in [-0.39, 0.29) is 11.9 Å². The number of benzene rings is 2. The predicted octanol–water partition coefficient (Wildman–Crippen LogP) is 3.66. The first-order valence-corrected chi connectivity index (χ1v) is 6.97. The van der Waals surface area contributed by atoms with Crippen LogP contribution in [-0.4, -0.2) is 0 Å². The second-order valence-corrected chi connectivity index (χ2v) is 5.12. The first-order chi connectivity index (χ1) is 9.70. The molecule has 0 aromatic heterocycles. The van der Waals surface area contributed by atoms with E-state index in [9.17, 15) is 4.39 Å². The van der Waals surface area contributed by atoms with Gasteiger partial charge in [0, 0.05) is 11.6 Å². The lowest BCUT2D eigenvalue weighted by Crippen LogP contribution is -2.28. The van der Waals surface area contributed by atoms with Gasteiger partial charge in [-0.05, 0) is 37.8 Å². The van der Waals surface area contributed by atoms with Gasteiger partial charge < -0.3 is 0 Å². The molecule has 0 aliphatic heterocycles. The average molecular weight is 272 g/mol. The van der Waals surface area contributed by atoms with Crippen molar-refractivity contribution < 1.29 is 4.39 Å². The Balaban J connectivity index is 1.97. The highest BCUT2D eigenvalue weighted by Crippen LogP contribution is 2.23. The van der Waals surface area contributed by atoms with E-state index in [1.165, 1.54) is 11.6 Å². The highest BCUT2D eigenvalue weighted by Gasteiger charge is 2.14. The van der Waals surface area contributed by atoms with E-state index in [0.29, 0.717) is 5.56 Å². The Kier molecular flexibility index (Phi) is 5.27. The quantitative estimate of drug-likeness (QED) is 0.622. The average Bonchev–Trinajstić information content (AvgIpc) is 2.48. The molecule has 0 amide bonds.